The first-order valence-corrected chi connectivity index (χ1v) is 17.3. The SMILES string of the molecule is c1ccc2c(c1)c1cnccc1n2-c1ccc(-c2ccc(Cc3ccc(-c4ccc(-n5c6ccccc6c6ccncc65)cc4)cc3)cc2)cc1. The number of nitrogens with zero attached hydrogens (tertiary/aromatic N) is 4. The normalized spacial score (nSPS) is 11.6. The molecule has 0 aliphatic heterocycles. The summed E-state index contributed by atoms with van der Waals surface area (Å²) >= 11 is 0. The van der Waals surface area contributed by atoms with E-state index in [9.17, 15) is 0 Å². The molecule has 6 aromatic carbocycles. The van der Waals surface area contributed by atoms with Gasteiger partial charge in [-0.1, -0.05) is 109 Å². The lowest BCUT2D eigenvalue weighted by atomic mass is 9.98. The molecule has 0 unspecified atom stereocenters. The minimum Gasteiger partial charge on any atom is -0.309 e. The molecule has 0 spiro atoms. The number of rotatable bonds is 6. The third-order valence-electron chi connectivity index (χ3n) is 10.2. The molecule has 0 bridgehead atoms. The van der Waals surface area contributed by atoms with Crippen LogP contribution in [-0.4, -0.2) is 19.1 Å². The molecule has 0 aliphatic carbocycles. The summed E-state index contributed by atoms with van der Waals surface area (Å²) < 4.78 is 4.63. The highest BCUT2D eigenvalue weighted by molar-refractivity contribution is 6.09. The second kappa shape index (κ2) is 12.0. The molecule has 0 N–H and O–H groups in total. The minimum atomic E-state index is 0.892. The number of hydrogen-bond acceptors (Lipinski definition) is 2. The van der Waals surface area contributed by atoms with Crippen LogP contribution in [0.4, 0.5) is 0 Å². The van der Waals surface area contributed by atoms with Gasteiger partial charge in [0, 0.05) is 51.5 Å². The monoisotopic (exact) mass is 652 g/mol. The fourth-order valence-corrected chi connectivity index (χ4v) is 7.66. The summed E-state index contributed by atoms with van der Waals surface area (Å²) in [7, 11) is 0. The molecule has 0 saturated carbocycles. The second-order valence-electron chi connectivity index (χ2n) is 13.2. The maximum atomic E-state index is 4.42. The van der Waals surface area contributed by atoms with Crippen LogP contribution in [0.25, 0.3) is 77.2 Å². The summed E-state index contributed by atoms with van der Waals surface area (Å²) in [6.45, 7) is 0. The maximum absolute atomic E-state index is 4.42. The van der Waals surface area contributed by atoms with Crippen molar-refractivity contribution < 1.29 is 0 Å². The van der Waals surface area contributed by atoms with Crippen LogP contribution >= 0.6 is 0 Å². The zero-order valence-corrected chi connectivity index (χ0v) is 27.8. The lowest BCUT2D eigenvalue weighted by Gasteiger charge is -2.10. The number of aromatic nitrogens is 4. The number of fused-ring (bicyclic) bond motifs is 6. The topological polar surface area (TPSA) is 35.6 Å². The molecule has 51 heavy (non-hydrogen) atoms. The Morgan fingerprint density at radius 2 is 0.745 bits per heavy atom. The van der Waals surface area contributed by atoms with Crippen molar-refractivity contribution in [3.05, 3.63) is 194 Å². The summed E-state index contributed by atoms with van der Waals surface area (Å²) in [5, 5.41) is 4.86. The Balaban J connectivity index is 0.853. The van der Waals surface area contributed by atoms with E-state index >= 15 is 0 Å². The van der Waals surface area contributed by atoms with Gasteiger partial charge in [-0.3, -0.25) is 9.97 Å². The maximum Gasteiger partial charge on any atom is 0.0724 e. The van der Waals surface area contributed by atoms with Crippen molar-refractivity contribution >= 4 is 43.6 Å². The van der Waals surface area contributed by atoms with Gasteiger partial charge in [-0.25, -0.2) is 0 Å². The van der Waals surface area contributed by atoms with Crippen LogP contribution in [0.2, 0.25) is 0 Å². The Labute approximate surface area is 295 Å². The van der Waals surface area contributed by atoms with Gasteiger partial charge in [0.1, 0.15) is 0 Å². The lowest BCUT2D eigenvalue weighted by Crippen LogP contribution is -1.94. The van der Waals surface area contributed by atoms with Gasteiger partial charge in [0.05, 0.1) is 28.3 Å². The molecule has 0 radical (unpaired) electrons. The van der Waals surface area contributed by atoms with Crippen LogP contribution < -0.4 is 0 Å². The number of pyridine rings is 2. The molecular formula is C47H32N4. The van der Waals surface area contributed by atoms with E-state index in [0.29, 0.717) is 0 Å². The predicted octanol–water partition coefficient (Wildman–Crippen LogP) is 11.6. The highest BCUT2D eigenvalue weighted by atomic mass is 15.0. The third-order valence-corrected chi connectivity index (χ3v) is 10.2. The van der Waals surface area contributed by atoms with Crippen LogP contribution in [0.3, 0.4) is 0 Å². The highest BCUT2D eigenvalue weighted by Gasteiger charge is 2.13. The molecule has 4 aromatic heterocycles. The van der Waals surface area contributed by atoms with Gasteiger partial charge in [0.25, 0.3) is 0 Å². The third kappa shape index (κ3) is 5.00. The van der Waals surface area contributed by atoms with E-state index < -0.39 is 0 Å². The molecule has 10 aromatic rings. The number of para-hydroxylation sites is 2. The molecule has 0 amide bonds. The van der Waals surface area contributed by atoms with Crippen LogP contribution in [0, 0.1) is 0 Å². The molecule has 4 heteroatoms. The van der Waals surface area contributed by atoms with Crippen LogP contribution in [-0.2, 0) is 6.42 Å². The van der Waals surface area contributed by atoms with Crippen molar-refractivity contribution in [1.82, 2.24) is 19.1 Å². The first-order chi connectivity index (χ1) is 25.3. The molecular weight excluding hydrogens is 621 g/mol. The van der Waals surface area contributed by atoms with Gasteiger partial charge in [-0.05, 0) is 88.3 Å². The van der Waals surface area contributed by atoms with E-state index in [-0.39, 0.29) is 0 Å². The van der Waals surface area contributed by atoms with Crippen molar-refractivity contribution in [1.29, 1.82) is 0 Å². The van der Waals surface area contributed by atoms with Gasteiger partial charge >= 0.3 is 0 Å². The number of hydrogen-bond donors (Lipinski definition) is 0. The molecule has 0 atom stereocenters. The standard InChI is InChI=1S/C47H32N4/c1-3-7-44-40(5-1)42-25-27-49-31-47(42)51(44)39-23-19-37(20-24-39)35-15-11-33(12-16-35)29-32-9-13-34(14-10-32)36-17-21-38(22-18-36)50-45-8-4-2-6-41(45)43-30-48-28-26-46(43)50/h1-28,30-31H,29H2. The zero-order valence-electron chi connectivity index (χ0n) is 27.8. The largest absolute Gasteiger partial charge is 0.309 e. The number of benzene rings is 6. The van der Waals surface area contributed by atoms with Gasteiger partial charge in [-0.2, -0.15) is 0 Å². The molecule has 0 saturated heterocycles. The molecule has 4 nitrogen and oxygen atoms in total. The van der Waals surface area contributed by atoms with Crippen molar-refractivity contribution in [3.63, 3.8) is 0 Å². The molecule has 0 fully saturated rings. The zero-order chi connectivity index (χ0) is 33.7. The molecule has 4 heterocycles. The summed E-state index contributed by atoms with van der Waals surface area (Å²) in [6.07, 6.45) is 8.55. The Bertz CT molecular complexity index is 2540. The van der Waals surface area contributed by atoms with E-state index in [0.717, 1.165) is 23.3 Å². The second-order valence-corrected chi connectivity index (χ2v) is 13.2. The van der Waals surface area contributed by atoms with E-state index in [4.69, 9.17) is 0 Å². The van der Waals surface area contributed by atoms with Crippen LogP contribution in [0.15, 0.2) is 183 Å². The summed E-state index contributed by atoms with van der Waals surface area (Å²) in [5.74, 6) is 0. The Kier molecular flexibility index (Phi) is 6.85. The Morgan fingerprint density at radius 3 is 1.31 bits per heavy atom. The quantitative estimate of drug-likeness (QED) is 0.179. The van der Waals surface area contributed by atoms with Gasteiger partial charge in [0.15, 0.2) is 0 Å². The summed E-state index contributed by atoms with van der Waals surface area (Å²) in [6, 6.07) is 56.9. The van der Waals surface area contributed by atoms with Crippen LogP contribution in [0.1, 0.15) is 11.1 Å². The Hall–Kier alpha value is -6.78. The fourth-order valence-electron chi connectivity index (χ4n) is 7.66. The van der Waals surface area contributed by atoms with Crippen molar-refractivity contribution in [3.8, 4) is 33.6 Å². The van der Waals surface area contributed by atoms with Gasteiger partial charge in [-0.15, -0.1) is 0 Å². The molecule has 10 rings (SSSR count). The van der Waals surface area contributed by atoms with E-state index in [1.165, 1.54) is 71.5 Å². The average Bonchev–Trinajstić information content (AvgIpc) is 3.72. The lowest BCUT2D eigenvalue weighted by molar-refractivity contribution is 1.17. The van der Waals surface area contributed by atoms with E-state index in [1.807, 2.05) is 24.8 Å². The van der Waals surface area contributed by atoms with Crippen molar-refractivity contribution in [2.24, 2.45) is 0 Å². The van der Waals surface area contributed by atoms with E-state index in [1.54, 1.807) is 0 Å². The van der Waals surface area contributed by atoms with Gasteiger partial charge in [0.2, 0.25) is 0 Å². The fraction of sp³-hybridized carbons (Fsp3) is 0.0213. The van der Waals surface area contributed by atoms with Crippen molar-refractivity contribution in [2.45, 2.75) is 6.42 Å². The first kappa shape index (κ1) is 29.2. The summed E-state index contributed by atoms with van der Waals surface area (Å²) in [4.78, 5) is 8.80. The molecule has 0 aliphatic rings. The van der Waals surface area contributed by atoms with Gasteiger partial charge < -0.3 is 9.13 Å². The first-order valence-electron chi connectivity index (χ1n) is 17.3. The van der Waals surface area contributed by atoms with Crippen molar-refractivity contribution in [2.75, 3.05) is 0 Å². The average molecular weight is 653 g/mol. The van der Waals surface area contributed by atoms with Crippen LogP contribution in [0.5, 0.6) is 0 Å². The minimum absolute atomic E-state index is 0.892. The molecule has 240 valence electrons. The van der Waals surface area contributed by atoms with E-state index in [2.05, 4.69) is 177 Å². The Morgan fingerprint density at radius 1 is 0.333 bits per heavy atom. The highest BCUT2D eigenvalue weighted by Crippen LogP contribution is 2.34. The predicted molar refractivity (Wildman–Crippen MR) is 211 cm³/mol. The smallest absolute Gasteiger partial charge is 0.0724 e. The summed E-state index contributed by atoms with van der Waals surface area (Å²) in [5.41, 5.74) is 14.4.